The van der Waals surface area contributed by atoms with E-state index >= 15 is 0 Å². The fraction of sp³-hybridized carbons (Fsp3) is 0.615. The standard InChI is InChI=1S/C13H20N2S/c1-10(2)13-9-15(6-7-16-13)12-4-5-14-11(3)8-12/h4-5,8,10,13H,6-7,9H2,1-3H3. The Hall–Kier alpha value is -0.700. The Morgan fingerprint density at radius 1 is 1.50 bits per heavy atom. The van der Waals surface area contributed by atoms with Gasteiger partial charge in [0, 0.05) is 41.7 Å². The monoisotopic (exact) mass is 236 g/mol. The van der Waals surface area contributed by atoms with Crippen LogP contribution in [0, 0.1) is 12.8 Å². The predicted molar refractivity (Wildman–Crippen MR) is 72.3 cm³/mol. The Labute approximate surface area is 102 Å². The molecule has 1 fully saturated rings. The first-order valence-corrected chi connectivity index (χ1v) is 7.01. The first-order chi connectivity index (χ1) is 7.66. The van der Waals surface area contributed by atoms with Crippen LogP contribution in [0.4, 0.5) is 5.69 Å². The van der Waals surface area contributed by atoms with Gasteiger partial charge in [0.15, 0.2) is 0 Å². The Morgan fingerprint density at radius 2 is 2.31 bits per heavy atom. The Kier molecular flexibility index (Phi) is 3.74. The lowest BCUT2D eigenvalue weighted by atomic mass is 10.1. The molecule has 1 aromatic heterocycles. The maximum Gasteiger partial charge on any atom is 0.0400 e. The number of anilines is 1. The van der Waals surface area contributed by atoms with Crippen LogP contribution in [0.5, 0.6) is 0 Å². The molecule has 1 atom stereocenters. The van der Waals surface area contributed by atoms with Crippen LogP contribution >= 0.6 is 11.8 Å². The molecule has 0 aromatic carbocycles. The molecule has 2 nitrogen and oxygen atoms in total. The molecular weight excluding hydrogens is 216 g/mol. The molecule has 0 N–H and O–H groups in total. The van der Waals surface area contributed by atoms with E-state index in [1.54, 1.807) is 0 Å². The third-order valence-electron chi connectivity index (χ3n) is 3.08. The van der Waals surface area contributed by atoms with Crippen molar-refractivity contribution in [3.63, 3.8) is 0 Å². The normalized spacial score (nSPS) is 21.5. The van der Waals surface area contributed by atoms with Gasteiger partial charge >= 0.3 is 0 Å². The minimum atomic E-state index is 0.760. The highest BCUT2D eigenvalue weighted by Gasteiger charge is 2.22. The van der Waals surface area contributed by atoms with E-state index in [0.29, 0.717) is 0 Å². The van der Waals surface area contributed by atoms with E-state index < -0.39 is 0 Å². The molecule has 1 saturated heterocycles. The number of rotatable bonds is 2. The van der Waals surface area contributed by atoms with Gasteiger partial charge < -0.3 is 4.90 Å². The summed E-state index contributed by atoms with van der Waals surface area (Å²) >= 11 is 2.12. The van der Waals surface area contributed by atoms with Gasteiger partial charge in [-0.05, 0) is 25.0 Å². The molecule has 0 saturated carbocycles. The SMILES string of the molecule is Cc1cc(N2CCSC(C(C)C)C2)ccn1. The highest BCUT2D eigenvalue weighted by atomic mass is 32.2. The van der Waals surface area contributed by atoms with E-state index in [1.807, 2.05) is 6.20 Å². The maximum absolute atomic E-state index is 4.26. The van der Waals surface area contributed by atoms with Gasteiger partial charge in [-0.15, -0.1) is 0 Å². The lowest BCUT2D eigenvalue weighted by molar-refractivity contribution is 0.582. The van der Waals surface area contributed by atoms with Crippen LogP contribution in [0.2, 0.25) is 0 Å². The van der Waals surface area contributed by atoms with Crippen LogP contribution in [0.3, 0.4) is 0 Å². The summed E-state index contributed by atoms with van der Waals surface area (Å²) < 4.78 is 0. The molecule has 88 valence electrons. The smallest absolute Gasteiger partial charge is 0.0400 e. The van der Waals surface area contributed by atoms with Crippen LogP contribution in [-0.4, -0.2) is 29.1 Å². The molecule has 0 bridgehead atoms. The molecular formula is C13H20N2S. The van der Waals surface area contributed by atoms with E-state index in [2.05, 4.69) is 54.5 Å². The molecule has 0 radical (unpaired) electrons. The molecule has 2 heterocycles. The molecule has 1 aliphatic rings. The van der Waals surface area contributed by atoms with Crippen LogP contribution in [0.25, 0.3) is 0 Å². The zero-order valence-corrected chi connectivity index (χ0v) is 11.1. The second-order valence-corrected chi connectivity index (χ2v) is 6.10. The second kappa shape index (κ2) is 5.09. The summed E-state index contributed by atoms with van der Waals surface area (Å²) in [6.07, 6.45) is 1.91. The Bertz CT molecular complexity index is 352. The average Bonchev–Trinajstić information content (AvgIpc) is 2.29. The van der Waals surface area contributed by atoms with Crippen LogP contribution < -0.4 is 4.90 Å². The molecule has 0 aliphatic carbocycles. The van der Waals surface area contributed by atoms with Crippen molar-refractivity contribution in [2.24, 2.45) is 5.92 Å². The summed E-state index contributed by atoms with van der Waals surface area (Å²) in [5.74, 6) is 2.00. The minimum absolute atomic E-state index is 0.760. The van der Waals surface area contributed by atoms with Gasteiger partial charge in [-0.2, -0.15) is 11.8 Å². The van der Waals surface area contributed by atoms with Crippen molar-refractivity contribution in [3.8, 4) is 0 Å². The summed E-state index contributed by atoms with van der Waals surface area (Å²) in [6, 6.07) is 4.31. The number of pyridine rings is 1. The van der Waals surface area contributed by atoms with E-state index in [9.17, 15) is 0 Å². The van der Waals surface area contributed by atoms with Crippen molar-refractivity contribution >= 4 is 17.4 Å². The van der Waals surface area contributed by atoms with Crippen molar-refractivity contribution in [1.82, 2.24) is 4.98 Å². The number of hydrogen-bond acceptors (Lipinski definition) is 3. The molecule has 0 amide bonds. The van der Waals surface area contributed by atoms with Crippen molar-refractivity contribution in [1.29, 1.82) is 0 Å². The number of hydrogen-bond donors (Lipinski definition) is 0. The fourth-order valence-electron chi connectivity index (χ4n) is 2.04. The Morgan fingerprint density at radius 3 is 3.00 bits per heavy atom. The summed E-state index contributed by atoms with van der Waals surface area (Å²) in [4.78, 5) is 6.75. The van der Waals surface area contributed by atoms with Gasteiger partial charge in [-0.1, -0.05) is 13.8 Å². The molecule has 3 heteroatoms. The largest absolute Gasteiger partial charge is 0.369 e. The van der Waals surface area contributed by atoms with E-state index in [4.69, 9.17) is 0 Å². The predicted octanol–water partition coefficient (Wildman–Crippen LogP) is 2.97. The third-order valence-corrected chi connectivity index (χ3v) is 4.62. The van der Waals surface area contributed by atoms with Gasteiger partial charge in [-0.25, -0.2) is 0 Å². The second-order valence-electron chi connectivity index (χ2n) is 4.75. The highest BCUT2D eigenvalue weighted by Crippen LogP contribution is 2.28. The fourth-order valence-corrected chi connectivity index (χ4v) is 3.34. The average molecular weight is 236 g/mol. The van der Waals surface area contributed by atoms with E-state index in [0.717, 1.165) is 23.4 Å². The summed E-state index contributed by atoms with van der Waals surface area (Å²) in [6.45, 7) is 9.03. The van der Waals surface area contributed by atoms with Crippen molar-refractivity contribution in [2.45, 2.75) is 26.0 Å². The van der Waals surface area contributed by atoms with Gasteiger partial charge in [0.1, 0.15) is 0 Å². The number of thioether (sulfide) groups is 1. The topological polar surface area (TPSA) is 16.1 Å². The number of aryl methyl sites for hydroxylation is 1. The summed E-state index contributed by atoms with van der Waals surface area (Å²) in [5, 5.41) is 0.766. The van der Waals surface area contributed by atoms with Gasteiger partial charge in [0.05, 0.1) is 0 Å². The van der Waals surface area contributed by atoms with Gasteiger partial charge in [-0.3, -0.25) is 4.98 Å². The number of aromatic nitrogens is 1. The van der Waals surface area contributed by atoms with E-state index in [-0.39, 0.29) is 0 Å². The molecule has 1 aromatic rings. The van der Waals surface area contributed by atoms with E-state index in [1.165, 1.54) is 18.0 Å². The molecule has 1 unspecified atom stereocenters. The molecule has 2 rings (SSSR count). The van der Waals surface area contributed by atoms with Crippen molar-refractivity contribution in [3.05, 3.63) is 24.0 Å². The summed E-state index contributed by atoms with van der Waals surface area (Å²) in [7, 11) is 0. The third kappa shape index (κ3) is 2.70. The van der Waals surface area contributed by atoms with Gasteiger partial charge in [0.2, 0.25) is 0 Å². The highest BCUT2D eigenvalue weighted by molar-refractivity contribution is 8.00. The Balaban J connectivity index is 2.09. The number of nitrogens with zero attached hydrogens (tertiary/aromatic N) is 2. The molecule has 1 aliphatic heterocycles. The van der Waals surface area contributed by atoms with Crippen LogP contribution in [-0.2, 0) is 0 Å². The quantitative estimate of drug-likeness (QED) is 0.785. The lowest BCUT2D eigenvalue weighted by Gasteiger charge is -2.35. The zero-order valence-electron chi connectivity index (χ0n) is 10.3. The van der Waals surface area contributed by atoms with Crippen LogP contribution in [0.15, 0.2) is 18.3 Å². The molecule has 16 heavy (non-hydrogen) atoms. The summed E-state index contributed by atoms with van der Waals surface area (Å²) in [5.41, 5.74) is 2.44. The molecule has 0 spiro atoms. The lowest BCUT2D eigenvalue weighted by Crippen LogP contribution is -2.40. The van der Waals surface area contributed by atoms with Crippen molar-refractivity contribution in [2.75, 3.05) is 23.7 Å². The maximum atomic E-state index is 4.26. The first kappa shape index (κ1) is 11.8. The zero-order chi connectivity index (χ0) is 11.5. The van der Waals surface area contributed by atoms with Gasteiger partial charge in [0.25, 0.3) is 0 Å². The first-order valence-electron chi connectivity index (χ1n) is 5.96. The van der Waals surface area contributed by atoms with Crippen LogP contribution in [0.1, 0.15) is 19.5 Å². The minimum Gasteiger partial charge on any atom is -0.369 e. The van der Waals surface area contributed by atoms with Crippen molar-refractivity contribution < 1.29 is 0 Å².